The average molecular weight is 363 g/mol. The molecule has 140 valence electrons. The van der Waals surface area contributed by atoms with Gasteiger partial charge in [0.15, 0.2) is 0 Å². The number of imidazole rings is 1. The third-order valence-corrected chi connectivity index (χ3v) is 4.93. The minimum Gasteiger partial charge on any atom is -0.491 e. The molecule has 0 amide bonds. The molecule has 0 N–H and O–H groups in total. The minimum absolute atomic E-state index is 0.642. The van der Waals surface area contributed by atoms with E-state index in [1.165, 1.54) is 11.3 Å². The summed E-state index contributed by atoms with van der Waals surface area (Å²) >= 11 is 0. The number of hydrogen-bond donors (Lipinski definition) is 0. The Morgan fingerprint density at radius 3 is 2.48 bits per heavy atom. The number of ether oxygens (including phenoxy) is 1. The van der Waals surface area contributed by atoms with E-state index < -0.39 is 0 Å². The van der Waals surface area contributed by atoms with Gasteiger partial charge in [-0.3, -0.25) is 9.88 Å². The van der Waals surface area contributed by atoms with Gasteiger partial charge in [-0.2, -0.15) is 0 Å². The Hall–Kier alpha value is -2.86. The Bertz CT molecular complexity index is 814. The number of nitrogens with zero attached hydrogens (tertiary/aromatic N) is 5. The van der Waals surface area contributed by atoms with E-state index in [1.807, 2.05) is 35.6 Å². The lowest BCUT2D eigenvalue weighted by atomic mass is 10.1. The Morgan fingerprint density at radius 2 is 1.70 bits per heavy atom. The first kappa shape index (κ1) is 17.5. The second kappa shape index (κ2) is 8.68. The van der Waals surface area contributed by atoms with Crippen molar-refractivity contribution in [3.05, 3.63) is 73.1 Å². The number of benzene rings is 1. The topological polar surface area (TPSA) is 46.4 Å². The number of pyridine rings is 1. The number of aromatic nitrogens is 3. The lowest BCUT2D eigenvalue weighted by molar-refractivity contribution is 0.240. The molecule has 0 spiro atoms. The highest BCUT2D eigenvalue weighted by molar-refractivity contribution is 5.45. The molecular formula is C21H25N5O. The maximum absolute atomic E-state index is 6.05. The van der Waals surface area contributed by atoms with E-state index >= 15 is 0 Å². The average Bonchev–Trinajstić information content (AvgIpc) is 3.24. The van der Waals surface area contributed by atoms with Crippen LogP contribution in [0, 0.1) is 0 Å². The van der Waals surface area contributed by atoms with Gasteiger partial charge in [-0.25, -0.2) is 4.98 Å². The molecule has 1 fully saturated rings. The molecule has 4 rings (SSSR count). The van der Waals surface area contributed by atoms with Gasteiger partial charge >= 0.3 is 0 Å². The Labute approximate surface area is 160 Å². The smallest absolute Gasteiger partial charge is 0.123 e. The molecule has 1 saturated heterocycles. The molecule has 27 heavy (non-hydrogen) atoms. The second-order valence-corrected chi connectivity index (χ2v) is 6.73. The van der Waals surface area contributed by atoms with Crippen molar-refractivity contribution in [3.8, 4) is 5.75 Å². The van der Waals surface area contributed by atoms with Crippen LogP contribution >= 0.6 is 0 Å². The molecule has 0 aliphatic carbocycles. The molecule has 3 aromatic rings. The van der Waals surface area contributed by atoms with E-state index in [0.717, 1.165) is 45.0 Å². The van der Waals surface area contributed by atoms with Gasteiger partial charge in [0.25, 0.3) is 0 Å². The highest BCUT2D eigenvalue weighted by atomic mass is 16.5. The van der Waals surface area contributed by atoms with Gasteiger partial charge in [0.2, 0.25) is 0 Å². The molecular weight excluding hydrogens is 338 g/mol. The van der Waals surface area contributed by atoms with Gasteiger partial charge < -0.3 is 14.2 Å². The van der Waals surface area contributed by atoms with Gasteiger partial charge in [-0.15, -0.1) is 0 Å². The summed E-state index contributed by atoms with van der Waals surface area (Å²) in [5, 5.41) is 0. The molecule has 0 unspecified atom stereocenters. The van der Waals surface area contributed by atoms with Crippen molar-refractivity contribution in [1.82, 2.24) is 19.4 Å². The maximum atomic E-state index is 6.05. The van der Waals surface area contributed by atoms with Crippen molar-refractivity contribution in [2.24, 2.45) is 0 Å². The summed E-state index contributed by atoms with van der Waals surface area (Å²) in [6, 6.07) is 12.5. The predicted octanol–water partition coefficient (Wildman–Crippen LogP) is 2.68. The van der Waals surface area contributed by atoms with Crippen LogP contribution in [0.4, 0.5) is 5.69 Å². The van der Waals surface area contributed by atoms with Gasteiger partial charge in [0.05, 0.1) is 12.9 Å². The van der Waals surface area contributed by atoms with Gasteiger partial charge in [0, 0.05) is 68.8 Å². The van der Waals surface area contributed by atoms with Crippen LogP contribution in [0.2, 0.25) is 0 Å². The molecule has 3 heterocycles. The van der Waals surface area contributed by atoms with Gasteiger partial charge in [-0.1, -0.05) is 18.2 Å². The van der Waals surface area contributed by atoms with Gasteiger partial charge in [0.1, 0.15) is 12.4 Å². The Kier molecular flexibility index (Phi) is 5.64. The largest absolute Gasteiger partial charge is 0.491 e. The summed E-state index contributed by atoms with van der Waals surface area (Å²) in [5.74, 6) is 0.981. The number of hydrogen-bond acceptors (Lipinski definition) is 5. The first-order chi connectivity index (χ1) is 13.4. The lowest BCUT2D eigenvalue weighted by Crippen LogP contribution is -2.46. The number of rotatable bonds is 7. The van der Waals surface area contributed by atoms with Crippen LogP contribution in [-0.4, -0.2) is 52.2 Å². The summed E-state index contributed by atoms with van der Waals surface area (Å²) in [6.07, 6.45) is 9.28. The third-order valence-electron chi connectivity index (χ3n) is 4.93. The Balaban J connectivity index is 1.31. The highest BCUT2D eigenvalue weighted by Crippen LogP contribution is 2.22. The van der Waals surface area contributed by atoms with Crippen molar-refractivity contribution in [3.63, 3.8) is 0 Å². The van der Waals surface area contributed by atoms with Crippen LogP contribution in [0.5, 0.6) is 5.75 Å². The SMILES string of the molecule is c1ccc(OCCn2ccnc2)c(CN2CCN(c3ccncc3)CC2)c1. The fourth-order valence-electron chi connectivity index (χ4n) is 3.42. The quantitative estimate of drug-likeness (QED) is 0.646. The van der Waals surface area contributed by atoms with E-state index in [0.29, 0.717) is 6.61 Å². The molecule has 2 aromatic heterocycles. The molecule has 1 aromatic carbocycles. The van der Waals surface area contributed by atoms with Crippen LogP contribution in [0.3, 0.4) is 0 Å². The van der Waals surface area contributed by atoms with Crippen molar-refractivity contribution >= 4 is 5.69 Å². The molecule has 0 atom stereocenters. The number of para-hydroxylation sites is 1. The summed E-state index contributed by atoms with van der Waals surface area (Å²) in [5.41, 5.74) is 2.51. The predicted molar refractivity (Wildman–Crippen MR) is 106 cm³/mol. The van der Waals surface area contributed by atoms with E-state index in [9.17, 15) is 0 Å². The first-order valence-electron chi connectivity index (χ1n) is 9.42. The van der Waals surface area contributed by atoms with Crippen molar-refractivity contribution in [1.29, 1.82) is 0 Å². The number of anilines is 1. The van der Waals surface area contributed by atoms with E-state index in [2.05, 4.69) is 50.1 Å². The van der Waals surface area contributed by atoms with E-state index in [4.69, 9.17) is 4.74 Å². The molecule has 0 saturated carbocycles. The fourth-order valence-corrected chi connectivity index (χ4v) is 3.42. The third kappa shape index (κ3) is 4.65. The first-order valence-corrected chi connectivity index (χ1v) is 9.42. The fraction of sp³-hybridized carbons (Fsp3) is 0.333. The molecule has 6 nitrogen and oxygen atoms in total. The Morgan fingerprint density at radius 1 is 0.889 bits per heavy atom. The van der Waals surface area contributed by atoms with Crippen LogP contribution in [0.1, 0.15) is 5.56 Å². The van der Waals surface area contributed by atoms with E-state index in [1.54, 1.807) is 6.20 Å². The molecule has 1 aliphatic heterocycles. The summed E-state index contributed by atoms with van der Waals surface area (Å²) < 4.78 is 8.08. The van der Waals surface area contributed by atoms with Crippen LogP contribution < -0.4 is 9.64 Å². The standard InChI is InChI=1S/C21H25N5O/c1-2-4-21(27-16-15-25-10-9-23-18-25)19(3-1)17-24-11-13-26(14-12-24)20-5-7-22-8-6-20/h1-10,18H,11-17H2. The molecule has 0 radical (unpaired) electrons. The molecule has 0 bridgehead atoms. The van der Waals surface area contributed by atoms with Crippen molar-refractivity contribution < 1.29 is 4.74 Å². The molecule has 1 aliphatic rings. The lowest BCUT2D eigenvalue weighted by Gasteiger charge is -2.36. The molecule has 6 heteroatoms. The summed E-state index contributed by atoms with van der Waals surface area (Å²) in [7, 11) is 0. The van der Waals surface area contributed by atoms with Crippen LogP contribution in [0.15, 0.2) is 67.5 Å². The number of piperazine rings is 1. The second-order valence-electron chi connectivity index (χ2n) is 6.73. The minimum atomic E-state index is 0.642. The summed E-state index contributed by atoms with van der Waals surface area (Å²) in [6.45, 7) is 6.53. The highest BCUT2D eigenvalue weighted by Gasteiger charge is 2.18. The zero-order valence-corrected chi connectivity index (χ0v) is 15.4. The summed E-state index contributed by atoms with van der Waals surface area (Å²) in [4.78, 5) is 13.1. The zero-order valence-electron chi connectivity index (χ0n) is 15.4. The van der Waals surface area contributed by atoms with Crippen molar-refractivity contribution in [2.45, 2.75) is 13.1 Å². The monoisotopic (exact) mass is 363 g/mol. The normalized spacial score (nSPS) is 15.0. The van der Waals surface area contributed by atoms with Crippen molar-refractivity contribution in [2.75, 3.05) is 37.7 Å². The van der Waals surface area contributed by atoms with Crippen LogP contribution in [-0.2, 0) is 13.1 Å². The van der Waals surface area contributed by atoms with Gasteiger partial charge in [-0.05, 0) is 18.2 Å². The van der Waals surface area contributed by atoms with E-state index in [-0.39, 0.29) is 0 Å². The van der Waals surface area contributed by atoms with Crippen LogP contribution in [0.25, 0.3) is 0 Å². The maximum Gasteiger partial charge on any atom is 0.123 e. The zero-order chi connectivity index (χ0) is 18.3.